The predicted molar refractivity (Wildman–Crippen MR) is 73.9 cm³/mol. The average molecular weight is 258 g/mol. The first-order valence-electron chi connectivity index (χ1n) is 6.26. The Bertz CT molecular complexity index is 496. The van der Waals surface area contributed by atoms with E-state index in [4.69, 9.17) is 4.74 Å². The van der Waals surface area contributed by atoms with Crippen LogP contribution in [0.2, 0.25) is 0 Å². The Kier molecular flexibility index (Phi) is 5.13. The van der Waals surface area contributed by atoms with Crippen molar-refractivity contribution in [3.05, 3.63) is 54.6 Å². The van der Waals surface area contributed by atoms with Gasteiger partial charge in [-0.2, -0.15) is 5.10 Å². The zero-order chi connectivity index (χ0) is 13.3. The highest BCUT2D eigenvalue weighted by Gasteiger charge is 2.02. The van der Waals surface area contributed by atoms with Crippen LogP contribution in [0, 0.1) is 0 Å². The van der Waals surface area contributed by atoms with Crippen LogP contribution in [-0.2, 0) is 13.0 Å². The molecule has 19 heavy (non-hydrogen) atoms. The molecule has 100 valence electrons. The number of nitrogens with zero attached hydrogens (tertiary/aromatic N) is 2. The van der Waals surface area contributed by atoms with Gasteiger partial charge in [-0.3, -0.25) is 5.10 Å². The van der Waals surface area contributed by atoms with E-state index in [0.29, 0.717) is 6.61 Å². The van der Waals surface area contributed by atoms with Crippen LogP contribution in [0.15, 0.2) is 43.2 Å². The lowest BCUT2D eigenvalue weighted by Gasteiger charge is -2.10. The van der Waals surface area contributed by atoms with Crippen LogP contribution < -0.4 is 10.1 Å². The topological polar surface area (TPSA) is 62.8 Å². The largest absolute Gasteiger partial charge is 0.489 e. The highest BCUT2D eigenvalue weighted by molar-refractivity contribution is 5.33. The van der Waals surface area contributed by atoms with E-state index in [1.807, 2.05) is 18.2 Å². The summed E-state index contributed by atoms with van der Waals surface area (Å²) in [4.78, 5) is 4.08. The summed E-state index contributed by atoms with van der Waals surface area (Å²) in [6.07, 6.45) is 4.09. The number of nitrogens with one attached hydrogen (secondary N) is 2. The van der Waals surface area contributed by atoms with Gasteiger partial charge in [-0.25, -0.2) is 4.98 Å². The van der Waals surface area contributed by atoms with Gasteiger partial charge >= 0.3 is 0 Å². The van der Waals surface area contributed by atoms with Gasteiger partial charge in [0, 0.05) is 25.1 Å². The maximum atomic E-state index is 5.60. The van der Waals surface area contributed by atoms with Gasteiger partial charge in [0.05, 0.1) is 0 Å². The standard InChI is InChI=1S/C14H18N4O/c1-2-9-19-13-6-4-3-5-12(13)10-15-8-7-14-16-11-17-18-14/h2-6,11,15H,1,7-10H2,(H,16,17,18). The van der Waals surface area contributed by atoms with Crippen LogP contribution >= 0.6 is 0 Å². The van der Waals surface area contributed by atoms with Crippen molar-refractivity contribution < 1.29 is 4.74 Å². The van der Waals surface area contributed by atoms with Crippen LogP contribution in [0.4, 0.5) is 0 Å². The third-order valence-electron chi connectivity index (χ3n) is 2.65. The van der Waals surface area contributed by atoms with Crippen molar-refractivity contribution in [3.8, 4) is 5.75 Å². The zero-order valence-corrected chi connectivity index (χ0v) is 10.8. The number of hydrogen-bond acceptors (Lipinski definition) is 4. The van der Waals surface area contributed by atoms with Crippen molar-refractivity contribution in [2.45, 2.75) is 13.0 Å². The van der Waals surface area contributed by atoms with Crippen molar-refractivity contribution in [3.63, 3.8) is 0 Å². The smallest absolute Gasteiger partial charge is 0.137 e. The fraction of sp³-hybridized carbons (Fsp3) is 0.286. The minimum atomic E-state index is 0.523. The lowest BCUT2D eigenvalue weighted by molar-refractivity contribution is 0.358. The molecular weight excluding hydrogens is 240 g/mol. The summed E-state index contributed by atoms with van der Waals surface area (Å²) in [5.74, 6) is 1.79. The number of hydrogen-bond donors (Lipinski definition) is 2. The van der Waals surface area contributed by atoms with E-state index in [9.17, 15) is 0 Å². The molecule has 0 aliphatic rings. The second-order valence-corrected chi connectivity index (χ2v) is 4.07. The third kappa shape index (κ3) is 4.22. The van der Waals surface area contributed by atoms with Crippen LogP contribution in [0.1, 0.15) is 11.4 Å². The van der Waals surface area contributed by atoms with Crippen molar-refractivity contribution in [2.75, 3.05) is 13.2 Å². The van der Waals surface area contributed by atoms with E-state index >= 15 is 0 Å². The molecule has 2 N–H and O–H groups in total. The summed E-state index contributed by atoms with van der Waals surface area (Å²) in [6.45, 7) is 5.78. The molecule has 1 heterocycles. The highest BCUT2D eigenvalue weighted by Crippen LogP contribution is 2.17. The number of para-hydroxylation sites is 1. The lowest BCUT2D eigenvalue weighted by atomic mass is 10.2. The Labute approximate surface area is 112 Å². The van der Waals surface area contributed by atoms with Gasteiger partial charge in [-0.05, 0) is 6.07 Å². The van der Waals surface area contributed by atoms with Gasteiger partial charge in [-0.1, -0.05) is 30.9 Å². The molecule has 0 saturated heterocycles. The van der Waals surface area contributed by atoms with E-state index < -0.39 is 0 Å². The van der Waals surface area contributed by atoms with Crippen LogP contribution in [0.25, 0.3) is 0 Å². The Morgan fingerprint density at radius 2 is 2.26 bits per heavy atom. The summed E-state index contributed by atoms with van der Waals surface area (Å²) in [5.41, 5.74) is 1.14. The van der Waals surface area contributed by atoms with Crippen molar-refractivity contribution in [2.24, 2.45) is 0 Å². The van der Waals surface area contributed by atoms with Crippen LogP contribution in [0.5, 0.6) is 5.75 Å². The molecule has 0 atom stereocenters. The Morgan fingerprint density at radius 1 is 1.37 bits per heavy atom. The van der Waals surface area contributed by atoms with Gasteiger partial charge < -0.3 is 10.1 Å². The van der Waals surface area contributed by atoms with E-state index in [1.165, 1.54) is 6.33 Å². The van der Waals surface area contributed by atoms with Gasteiger partial charge in [0.15, 0.2) is 0 Å². The Morgan fingerprint density at radius 3 is 3.05 bits per heavy atom. The maximum Gasteiger partial charge on any atom is 0.137 e. The minimum absolute atomic E-state index is 0.523. The molecule has 1 aromatic carbocycles. The first-order valence-corrected chi connectivity index (χ1v) is 6.26. The molecule has 2 aromatic rings. The average Bonchev–Trinajstić information content (AvgIpc) is 2.95. The molecule has 0 amide bonds. The first kappa shape index (κ1) is 13.3. The fourth-order valence-corrected chi connectivity index (χ4v) is 1.72. The normalized spacial score (nSPS) is 10.3. The summed E-state index contributed by atoms with van der Waals surface area (Å²) in [5, 5.41) is 10.0. The number of ether oxygens (including phenoxy) is 1. The van der Waals surface area contributed by atoms with Crippen molar-refractivity contribution in [1.82, 2.24) is 20.5 Å². The Hall–Kier alpha value is -2.14. The van der Waals surface area contributed by atoms with Crippen molar-refractivity contribution >= 4 is 0 Å². The summed E-state index contributed by atoms with van der Waals surface area (Å²) in [7, 11) is 0. The van der Waals surface area contributed by atoms with Gasteiger partial charge in [0.2, 0.25) is 0 Å². The molecule has 5 nitrogen and oxygen atoms in total. The van der Waals surface area contributed by atoms with E-state index in [-0.39, 0.29) is 0 Å². The zero-order valence-electron chi connectivity index (χ0n) is 10.8. The second-order valence-electron chi connectivity index (χ2n) is 4.07. The molecule has 0 unspecified atom stereocenters. The molecule has 0 saturated carbocycles. The van der Waals surface area contributed by atoms with Crippen LogP contribution in [0.3, 0.4) is 0 Å². The molecule has 2 rings (SSSR count). The van der Waals surface area contributed by atoms with Gasteiger partial charge in [0.25, 0.3) is 0 Å². The molecule has 0 aliphatic carbocycles. The summed E-state index contributed by atoms with van der Waals surface area (Å²) in [6, 6.07) is 8.00. The van der Waals surface area contributed by atoms with E-state index in [2.05, 4.69) is 33.1 Å². The SMILES string of the molecule is C=CCOc1ccccc1CNCCc1ncn[nH]1. The molecule has 0 aliphatic heterocycles. The minimum Gasteiger partial charge on any atom is -0.489 e. The molecular formula is C14H18N4O. The van der Waals surface area contributed by atoms with Gasteiger partial charge in [0.1, 0.15) is 24.5 Å². The van der Waals surface area contributed by atoms with Gasteiger partial charge in [-0.15, -0.1) is 0 Å². The molecule has 1 aromatic heterocycles. The van der Waals surface area contributed by atoms with Crippen LogP contribution in [-0.4, -0.2) is 28.3 Å². The van der Waals surface area contributed by atoms with Crippen molar-refractivity contribution in [1.29, 1.82) is 0 Å². The number of aromatic nitrogens is 3. The molecule has 5 heteroatoms. The molecule has 0 bridgehead atoms. The van der Waals surface area contributed by atoms with E-state index in [1.54, 1.807) is 6.08 Å². The fourth-order valence-electron chi connectivity index (χ4n) is 1.72. The molecule has 0 spiro atoms. The Balaban J connectivity index is 1.80. The van der Waals surface area contributed by atoms with E-state index in [0.717, 1.165) is 36.6 Å². The number of H-pyrrole nitrogens is 1. The summed E-state index contributed by atoms with van der Waals surface area (Å²) < 4.78 is 5.60. The molecule has 0 fully saturated rings. The molecule has 0 radical (unpaired) electrons. The monoisotopic (exact) mass is 258 g/mol. The first-order chi connectivity index (χ1) is 9.40. The second kappa shape index (κ2) is 7.33. The third-order valence-corrected chi connectivity index (χ3v) is 2.65. The quantitative estimate of drug-likeness (QED) is 0.559. The predicted octanol–water partition coefficient (Wildman–Crippen LogP) is 1.70. The maximum absolute atomic E-state index is 5.60. The highest BCUT2D eigenvalue weighted by atomic mass is 16.5. The summed E-state index contributed by atoms with van der Waals surface area (Å²) >= 11 is 0. The lowest BCUT2D eigenvalue weighted by Crippen LogP contribution is -2.17. The number of rotatable bonds is 8. The number of benzene rings is 1. The number of aromatic amines is 1.